The van der Waals surface area contributed by atoms with E-state index in [2.05, 4.69) is 32.9 Å². The van der Waals surface area contributed by atoms with Crippen LogP contribution in [-0.2, 0) is 0 Å². The van der Waals surface area contributed by atoms with E-state index in [0.717, 1.165) is 24.2 Å². The Balaban J connectivity index is 1.80. The summed E-state index contributed by atoms with van der Waals surface area (Å²) < 4.78 is 0. The normalized spacial score (nSPS) is 44.4. The third-order valence-corrected chi connectivity index (χ3v) is 6.99. The van der Waals surface area contributed by atoms with Crippen molar-refractivity contribution in [1.82, 2.24) is 0 Å². The van der Waals surface area contributed by atoms with Crippen molar-refractivity contribution < 1.29 is 5.11 Å². The van der Waals surface area contributed by atoms with Crippen LogP contribution in [0.3, 0.4) is 0 Å². The van der Waals surface area contributed by atoms with Gasteiger partial charge in [-0.3, -0.25) is 0 Å². The zero-order valence-corrected chi connectivity index (χ0v) is 14.1. The molecule has 0 saturated heterocycles. The molecule has 3 aliphatic carbocycles. The van der Waals surface area contributed by atoms with Gasteiger partial charge in [-0.25, -0.2) is 0 Å². The SMILES string of the molecule is CC1=CCC2CCCC3=CC(O)CCC3C(C)CCC12C. The maximum absolute atomic E-state index is 9.96. The summed E-state index contributed by atoms with van der Waals surface area (Å²) in [4.78, 5) is 0. The lowest BCUT2D eigenvalue weighted by Gasteiger charge is -2.39. The molecule has 0 heterocycles. The van der Waals surface area contributed by atoms with Crippen LogP contribution in [-0.4, -0.2) is 11.2 Å². The Kier molecular flexibility index (Phi) is 4.32. The van der Waals surface area contributed by atoms with Crippen LogP contribution in [0, 0.1) is 23.2 Å². The lowest BCUT2D eigenvalue weighted by atomic mass is 9.66. The van der Waals surface area contributed by atoms with E-state index in [0.29, 0.717) is 5.41 Å². The number of aliphatic hydroxyl groups excluding tert-OH is 1. The van der Waals surface area contributed by atoms with Crippen molar-refractivity contribution in [1.29, 1.82) is 0 Å². The van der Waals surface area contributed by atoms with E-state index in [1.807, 2.05) is 0 Å². The van der Waals surface area contributed by atoms with E-state index in [9.17, 15) is 5.11 Å². The minimum absolute atomic E-state index is 0.174. The molecule has 0 aromatic heterocycles. The van der Waals surface area contributed by atoms with Gasteiger partial charge in [0.05, 0.1) is 6.10 Å². The van der Waals surface area contributed by atoms with Gasteiger partial charge in [0.25, 0.3) is 0 Å². The first-order chi connectivity index (χ1) is 10.0. The van der Waals surface area contributed by atoms with E-state index in [1.54, 1.807) is 11.1 Å². The van der Waals surface area contributed by atoms with Crippen molar-refractivity contribution in [2.45, 2.75) is 78.2 Å². The van der Waals surface area contributed by atoms with Crippen LogP contribution in [0.4, 0.5) is 0 Å². The van der Waals surface area contributed by atoms with Crippen molar-refractivity contribution >= 4 is 0 Å². The molecule has 1 nitrogen and oxygen atoms in total. The highest BCUT2D eigenvalue weighted by atomic mass is 16.3. The Labute approximate surface area is 130 Å². The van der Waals surface area contributed by atoms with Gasteiger partial charge in [0.1, 0.15) is 0 Å². The number of aliphatic hydroxyl groups is 1. The fraction of sp³-hybridized carbons (Fsp3) is 0.800. The molecule has 0 aromatic carbocycles. The molecule has 0 amide bonds. The zero-order valence-electron chi connectivity index (χ0n) is 14.1. The summed E-state index contributed by atoms with van der Waals surface area (Å²) in [6, 6.07) is 0. The molecule has 0 radical (unpaired) electrons. The molecule has 21 heavy (non-hydrogen) atoms. The first-order valence-electron chi connectivity index (χ1n) is 9.06. The van der Waals surface area contributed by atoms with Gasteiger partial charge in [0.15, 0.2) is 0 Å². The van der Waals surface area contributed by atoms with Crippen molar-refractivity contribution in [2.24, 2.45) is 23.2 Å². The molecule has 3 aliphatic rings. The maximum atomic E-state index is 9.96. The van der Waals surface area contributed by atoms with E-state index in [-0.39, 0.29) is 6.10 Å². The van der Waals surface area contributed by atoms with Crippen LogP contribution in [0.2, 0.25) is 0 Å². The van der Waals surface area contributed by atoms with Crippen LogP contribution in [0.1, 0.15) is 72.1 Å². The second kappa shape index (κ2) is 5.91. The summed E-state index contributed by atoms with van der Waals surface area (Å²) in [5.41, 5.74) is 3.69. The predicted octanol–water partition coefficient (Wildman–Crippen LogP) is 5.26. The topological polar surface area (TPSA) is 20.2 Å². The molecule has 0 aromatic rings. The fourth-order valence-corrected chi connectivity index (χ4v) is 5.16. The molecule has 3 rings (SSSR count). The molecule has 1 fully saturated rings. The Morgan fingerprint density at radius 3 is 2.81 bits per heavy atom. The van der Waals surface area contributed by atoms with Gasteiger partial charge in [-0.1, -0.05) is 37.1 Å². The number of hydrogen-bond acceptors (Lipinski definition) is 1. The summed E-state index contributed by atoms with van der Waals surface area (Å²) in [5.74, 6) is 2.36. The molecule has 0 spiro atoms. The van der Waals surface area contributed by atoms with Crippen molar-refractivity contribution in [2.75, 3.05) is 0 Å². The predicted molar refractivity (Wildman–Crippen MR) is 89.0 cm³/mol. The second-order valence-corrected chi connectivity index (χ2v) is 8.14. The van der Waals surface area contributed by atoms with Crippen LogP contribution in [0.5, 0.6) is 0 Å². The molecule has 5 atom stereocenters. The number of hydrogen-bond donors (Lipinski definition) is 1. The van der Waals surface area contributed by atoms with Gasteiger partial charge in [-0.15, -0.1) is 0 Å². The van der Waals surface area contributed by atoms with E-state index < -0.39 is 0 Å². The molecule has 0 bridgehead atoms. The summed E-state index contributed by atoms with van der Waals surface area (Å²) in [6.45, 7) is 7.33. The Morgan fingerprint density at radius 1 is 1.19 bits per heavy atom. The number of fused-ring (bicyclic) bond motifs is 2. The molecule has 1 heteroatoms. The second-order valence-electron chi connectivity index (χ2n) is 8.14. The van der Waals surface area contributed by atoms with Crippen molar-refractivity contribution in [3.8, 4) is 0 Å². The molecular formula is C20H32O. The zero-order chi connectivity index (χ0) is 15.0. The monoisotopic (exact) mass is 288 g/mol. The number of rotatable bonds is 0. The highest BCUT2D eigenvalue weighted by Crippen LogP contribution is 2.51. The first-order valence-corrected chi connectivity index (χ1v) is 9.06. The highest BCUT2D eigenvalue weighted by molar-refractivity contribution is 5.21. The summed E-state index contributed by atoms with van der Waals surface area (Å²) in [7, 11) is 0. The van der Waals surface area contributed by atoms with Gasteiger partial charge in [-0.05, 0) is 81.5 Å². The van der Waals surface area contributed by atoms with E-state index >= 15 is 0 Å². The molecular weight excluding hydrogens is 256 g/mol. The third-order valence-electron chi connectivity index (χ3n) is 6.99. The molecule has 5 unspecified atom stereocenters. The van der Waals surface area contributed by atoms with Gasteiger partial charge in [0.2, 0.25) is 0 Å². The summed E-state index contributed by atoms with van der Waals surface area (Å²) >= 11 is 0. The Morgan fingerprint density at radius 2 is 2.00 bits per heavy atom. The molecule has 0 aliphatic heterocycles. The van der Waals surface area contributed by atoms with Crippen molar-refractivity contribution in [3.05, 3.63) is 23.3 Å². The lowest BCUT2D eigenvalue weighted by molar-refractivity contribution is 0.157. The summed E-state index contributed by atoms with van der Waals surface area (Å²) in [6.07, 6.45) is 14.6. The first kappa shape index (κ1) is 15.3. The minimum Gasteiger partial charge on any atom is -0.389 e. The van der Waals surface area contributed by atoms with Gasteiger partial charge < -0.3 is 5.11 Å². The summed E-state index contributed by atoms with van der Waals surface area (Å²) in [5, 5.41) is 9.96. The lowest BCUT2D eigenvalue weighted by Crippen LogP contribution is -2.29. The average Bonchev–Trinajstić information content (AvgIpc) is 2.73. The van der Waals surface area contributed by atoms with Gasteiger partial charge in [-0.2, -0.15) is 0 Å². The molecule has 1 saturated carbocycles. The average molecular weight is 288 g/mol. The fourth-order valence-electron chi connectivity index (χ4n) is 5.16. The Hall–Kier alpha value is -0.560. The van der Waals surface area contributed by atoms with Crippen molar-refractivity contribution in [3.63, 3.8) is 0 Å². The van der Waals surface area contributed by atoms with Gasteiger partial charge in [0, 0.05) is 0 Å². The third kappa shape index (κ3) is 2.86. The standard InChI is InChI=1S/C20H32O/c1-14-11-12-20(3)15(2)7-8-17(20)6-4-5-16-13-18(21)9-10-19(14)16/h7,13-14,17-19,21H,4-6,8-12H2,1-3H3. The van der Waals surface area contributed by atoms with E-state index in [1.165, 1.54) is 44.9 Å². The van der Waals surface area contributed by atoms with Crippen LogP contribution in [0.15, 0.2) is 23.3 Å². The van der Waals surface area contributed by atoms with E-state index in [4.69, 9.17) is 0 Å². The van der Waals surface area contributed by atoms with Crippen LogP contribution < -0.4 is 0 Å². The molecule has 1 N–H and O–H groups in total. The van der Waals surface area contributed by atoms with Crippen LogP contribution >= 0.6 is 0 Å². The maximum Gasteiger partial charge on any atom is 0.0723 e. The Bertz CT molecular complexity index is 447. The quantitative estimate of drug-likeness (QED) is 0.603. The molecule has 118 valence electrons. The number of allylic oxidation sites excluding steroid dienone is 3. The smallest absolute Gasteiger partial charge is 0.0723 e. The van der Waals surface area contributed by atoms with Gasteiger partial charge >= 0.3 is 0 Å². The van der Waals surface area contributed by atoms with Crippen LogP contribution in [0.25, 0.3) is 0 Å². The largest absolute Gasteiger partial charge is 0.389 e. The minimum atomic E-state index is -0.174. The highest BCUT2D eigenvalue weighted by Gasteiger charge is 2.40.